The Morgan fingerprint density at radius 1 is 1.62 bits per heavy atom. The molecule has 7 nitrogen and oxygen atoms in total. The SMILES string of the molecule is Cc1cnc(NC(=O)N[C@@H](CO)C(=O)O)s1. The second-order valence-electron chi connectivity index (χ2n) is 2.95. The Kier molecular flexibility index (Phi) is 4.20. The number of urea groups is 1. The third kappa shape index (κ3) is 3.48. The average molecular weight is 245 g/mol. The number of rotatable bonds is 4. The number of hydrogen-bond donors (Lipinski definition) is 4. The van der Waals surface area contributed by atoms with Gasteiger partial charge in [-0.1, -0.05) is 0 Å². The Hall–Kier alpha value is -1.67. The van der Waals surface area contributed by atoms with Crippen LogP contribution in [0.15, 0.2) is 6.20 Å². The Balaban J connectivity index is 2.50. The zero-order valence-corrected chi connectivity index (χ0v) is 9.24. The first-order valence-corrected chi connectivity index (χ1v) is 5.18. The average Bonchev–Trinajstić information content (AvgIpc) is 2.60. The highest BCUT2D eigenvalue weighted by atomic mass is 32.1. The Morgan fingerprint density at radius 2 is 2.31 bits per heavy atom. The fourth-order valence-corrected chi connectivity index (χ4v) is 1.55. The molecule has 1 atom stereocenters. The first-order valence-electron chi connectivity index (χ1n) is 4.36. The minimum Gasteiger partial charge on any atom is -0.480 e. The number of amides is 2. The van der Waals surface area contributed by atoms with E-state index in [4.69, 9.17) is 10.2 Å². The molecule has 1 aromatic rings. The molecule has 0 aliphatic rings. The molecule has 0 fully saturated rings. The van der Waals surface area contributed by atoms with E-state index in [1.54, 1.807) is 6.20 Å². The van der Waals surface area contributed by atoms with E-state index in [1.165, 1.54) is 11.3 Å². The minimum atomic E-state index is -1.32. The molecule has 0 saturated heterocycles. The van der Waals surface area contributed by atoms with Crippen LogP contribution < -0.4 is 10.6 Å². The molecule has 0 aliphatic carbocycles. The van der Waals surface area contributed by atoms with Gasteiger partial charge in [0.15, 0.2) is 11.2 Å². The summed E-state index contributed by atoms with van der Waals surface area (Å²) >= 11 is 1.27. The topological polar surface area (TPSA) is 112 Å². The van der Waals surface area contributed by atoms with Gasteiger partial charge < -0.3 is 15.5 Å². The number of nitrogens with one attached hydrogen (secondary N) is 2. The zero-order valence-electron chi connectivity index (χ0n) is 8.43. The fraction of sp³-hybridized carbons (Fsp3) is 0.375. The number of carboxylic acids is 1. The maximum Gasteiger partial charge on any atom is 0.328 e. The lowest BCUT2D eigenvalue weighted by Gasteiger charge is -2.11. The second-order valence-corrected chi connectivity index (χ2v) is 4.18. The third-order valence-electron chi connectivity index (χ3n) is 1.63. The van der Waals surface area contributed by atoms with E-state index in [-0.39, 0.29) is 0 Å². The van der Waals surface area contributed by atoms with Gasteiger partial charge in [-0.15, -0.1) is 11.3 Å². The number of carboxylic acid groups (broad SMARTS) is 1. The van der Waals surface area contributed by atoms with Crippen molar-refractivity contribution in [1.82, 2.24) is 10.3 Å². The summed E-state index contributed by atoms with van der Waals surface area (Å²) in [6.45, 7) is 1.16. The lowest BCUT2D eigenvalue weighted by molar-refractivity contribution is -0.140. The summed E-state index contributed by atoms with van der Waals surface area (Å²) in [5.41, 5.74) is 0. The summed E-state index contributed by atoms with van der Waals surface area (Å²) in [5, 5.41) is 22.1. The number of thiazole rings is 1. The van der Waals surface area contributed by atoms with Crippen molar-refractivity contribution in [1.29, 1.82) is 0 Å². The van der Waals surface area contributed by atoms with Crippen LogP contribution in [0.2, 0.25) is 0 Å². The molecule has 8 heteroatoms. The maximum absolute atomic E-state index is 11.3. The first kappa shape index (κ1) is 12.4. The zero-order chi connectivity index (χ0) is 12.1. The van der Waals surface area contributed by atoms with Gasteiger partial charge in [0.2, 0.25) is 0 Å². The third-order valence-corrected chi connectivity index (χ3v) is 2.46. The van der Waals surface area contributed by atoms with Crippen LogP contribution in [0.5, 0.6) is 0 Å². The summed E-state index contributed by atoms with van der Waals surface area (Å²) in [4.78, 5) is 26.6. The van der Waals surface area contributed by atoms with Gasteiger partial charge in [-0.25, -0.2) is 14.6 Å². The lowest BCUT2D eigenvalue weighted by atomic mass is 10.3. The molecule has 0 radical (unpaired) electrons. The maximum atomic E-state index is 11.3. The molecular formula is C8H11N3O4S. The van der Waals surface area contributed by atoms with Crippen LogP contribution in [0.1, 0.15) is 4.88 Å². The Morgan fingerprint density at radius 3 is 2.75 bits per heavy atom. The summed E-state index contributed by atoms with van der Waals surface area (Å²) < 4.78 is 0. The summed E-state index contributed by atoms with van der Waals surface area (Å²) in [6, 6.07) is -2.03. The number of aliphatic carboxylic acids is 1. The van der Waals surface area contributed by atoms with Crippen LogP contribution in [0.3, 0.4) is 0 Å². The van der Waals surface area contributed by atoms with E-state index in [2.05, 4.69) is 15.6 Å². The molecule has 16 heavy (non-hydrogen) atoms. The number of aliphatic hydroxyl groups is 1. The molecule has 0 spiro atoms. The van der Waals surface area contributed by atoms with Crippen molar-refractivity contribution >= 4 is 28.5 Å². The molecule has 1 heterocycles. The van der Waals surface area contributed by atoms with E-state index in [0.717, 1.165) is 4.88 Å². The Bertz CT molecular complexity index is 392. The van der Waals surface area contributed by atoms with E-state index in [0.29, 0.717) is 5.13 Å². The highest BCUT2D eigenvalue weighted by Gasteiger charge is 2.18. The van der Waals surface area contributed by atoms with Crippen LogP contribution >= 0.6 is 11.3 Å². The van der Waals surface area contributed by atoms with E-state index in [1.807, 2.05) is 6.92 Å². The number of aliphatic hydroxyl groups excluding tert-OH is 1. The summed E-state index contributed by atoms with van der Waals surface area (Å²) in [7, 11) is 0. The molecule has 0 aliphatic heterocycles. The molecule has 0 bridgehead atoms. The highest BCUT2D eigenvalue weighted by molar-refractivity contribution is 7.15. The molecular weight excluding hydrogens is 234 g/mol. The van der Waals surface area contributed by atoms with Gasteiger partial charge in [-0.2, -0.15) is 0 Å². The smallest absolute Gasteiger partial charge is 0.328 e. The summed E-state index contributed by atoms with van der Waals surface area (Å²) in [6.07, 6.45) is 1.58. The van der Waals surface area contributed by atoms with Crippen molar-refractivity contribution in [3.05, 3.63) is 11.1 Å². The number of nitrogens with zero attached hydrogens (tertiary/aromatic N) is 1. The Labute approximate surface area is 95.1 Å². The van der Waals surface area contributed by atoms with Crippen LogP contribution in [0.25, 0.3) is 0 Å². The molecule has 0 unspecified atom stereocenters. The van der Waals surface area contributed by atoms with Gasteiger partial charge in [-0.05, 0) is 6.92 Å². The second kappa shape index (κ2) is 5.42. The largest absolute Gasteiger partial charge is 0.480 e. The van der Waals surface area contributed by atoms with Gasteiger partial charge in [-0.3, -0.25) is 5.32 Å². The van der Waals surface area contributed by atoms with Gasteiger partial charge in [0.25, 0.3) is 0 Å². The summed E-state index contributed by atoms with van der Waals surface area (Å²) in [5.74, 6) is -1.30. The van der Waals surface area contributed by atoms with Crippen molar-refractivity contribution in [2.24, 2.45) is 0 Å². The number of hydrogen-bond acceptors (Lipinski definition) is 5. The molecule has 1 aromatic heterocycles. The van der Waals surface area contributed by atoms with Crippen molar-refractivity contribution < 1.29 is 19.8 Å². The van der Waals surface area contributed by atoms with Crippen molar-refractivity contribution in [2.45, 2.75) is 13.0 Å². The van der Waals surface area contributed by atoms with Crippen LogP contribution in [-0.4, -0.2) is 39.8 Å². The lowest BCUT2D eigenvalue weighted by Crippen LogP contribution is -2.45. The quantitative estimate of drug-likeness (QED) is 0.597. The number of carbonyl (C=O) groups is 2. The standard InChI is InChI=1S/C8H11N3O4S/c1-4-2-9-8(16-4)11-7(15)10-5(3-12)6(13)14/h2,5,12H,3H2,1H3,(H,13,14)(H2,9,10,11,15)/t5-/m0/s1. The van der Waals surface area contributed by atoms with Crippen LogP contribution in [-0.2, 0) is 4.79 Å². The number of aryl methyl sites for hydroxylation is 1. The van der Waals surface area contributed by atoms with E-state index >= 15 is 0 Å². The van der Waals surface area contributed by atoms with Crippen molar-refractivity contribution in [2.75, 3.05) is 11.9 Å². The normalized spacial score (nSPS) is 11.9. The predicted octanol–water partition coefficient (Wildman–Crippen LogP) is 0.0185. The number of anilines is 1. The molecule has 0 saturated carbocycles. The molecule has 0 aromatic carbocycles. The van der Waals surface area contributed by atoms with Gasteiger partial charge >= 0.3 is 12.0 Å². The van der Waals surface area contributed by atoms with Gasteiger partial charge in [0.1, 0.15) is 0 Å². The van der Waals surface area contributed by atoms with Crippen molar-refractivity contribution in [3.8, 4) is 0 Å². The van der Waals surface area contributed by atoms with Crippen LogP contribution in [0, 0.1) is 6.92 Å². The van der Waals surface area contributed by atoms with Crippen molar-refractivity contribution in [3.63, 3.8) is 0 Å². The van der Waals surface area contributed by atoms with Crippen LogP contribution in [0.4, 0.5) is 9.93 Å². The molecule has 4 N–H and O–H groups in total. The first-order chi connectivity index (χ1) is 7.52. The monoisotopic (exact) mass is 245 g/mol. The highest BCUT2D eigenvalue weighted by Crippen LogP contribution is 2.15. The van der Waals surface area contributed by atoms with E-state index < -0.39 is 24.6 Å². The minimum absolute atomic E-state index is 0.372. The molecule has 88 valence electrons. The fourth-order valence-electron chi connectivity index (χ4n) is 0.889. The predicted molar refractivity (Wildman–Crippen MR) is 57.5 cm³/mol. The number of aromatic nitrogens is 1. The van der Waals surface area contributed by atoms with E-state index in [9.17, 15) is 9.59 Å². The van der Waals surface area contributed by atoms with Gasteiger partial charge in [0.05, 0.1) is 6.61 Å². The van der Waals surface area contributed by atoms with Gasteiger partial charge in [0, 0.05) is 11.1 Å². The molecule has 2 amide bonds. The number of carbonyl (C=O) groups excluding carboxylic acids is 1. The molecule has 1 rings (SSSR count).